The van der Waals surface area contributed by atoms with E-state index in [-0.39, 0.29) is 0 Å². The largest absolute Gasteiger partial charge is 0.265 e. The minimum atomic E-state index is 0.318. The van der Waals surface area contributed by atoms with Crippen LogP contribution in [0.15, 0.2) is 18.6 Å². The van der Waals surface area contributed by atoms with Crippen LogP contribution in [0.4, 0.5) is 0 Å². The van der Waals surface area contributed by atoms with E-state index in [2.05, 4.69) is 15.1 Å². The van der Waals surface area contributed by atoms with Crippen molar-refractivity contribution < 1.29 is 0 Å². The predicted molar refractivity (Wildman–Crippen MR) is 54.3 cm³/mol. The number of hydrogen-bond acceptors (Lipinski definition) is 3. The van der Waals surface area contributed by atoms with E-state index in [0.29, 0.717) is 21.6 Å². The Morgan fingerprint density at radius 3 is 2.50 bits per heavy atom. The molecule has 72 valence electrons. The van der Waals surface area contributed by atoms with Crippen molar-refractivity contribution in [1.29, 1.82) is 0 Å². The molecule has 0 spiro atoms. The first kappa shape index (κ1) is 9.43. The molecule has 14 heavy (non-hydrogen) atoms. The summed E-state index contributed by atoms with van der Waals surface area (Å²) in [7, 11) is 1.77. The molecule has 6 heteroatoms. The zero-order chi connectivity index (χ0) is 10.1. The Morgan fingerprint density at radius 2 is 1.93 bits per heavy atom. The van der Waals surface area contributed by atoms with Crippen LogP contribution in [-0.4, -0.2) is 19.7 Å². The molecule has 0 aliphatic heterocycles. The molecule has 0 saturated heterocycles. The van der Waals surface area contributed by atoms with Crippen molar-refractivity contribution >= 4 is 23.2 Å². The second-order valence-corrected chi connectivity index (χ2v) is 3.43. The molecule has 2 aromatic heterocycles. The van der Waals surface area contributed by atoms with Crippen molar-refractivity contribution in [2.24, 2.45) is 7.05 Å². The maximum Gasteiger partial charge on any atom is 0.156 e. The molecular formula is C8H6Cl2N4. The fourth-order valence-electron chi connectivity index (χ4n) is 1.16. The molecule has 0 unspecified atom stereocenters. The van der Waals surface area contributed by atoms with E-state index in [4.69, 9.17) is 23.2 Å². The zero-order valence-electron chi connectivity index (χ0n) is 7.28. The molecule has 0 saturated carbocycles. The summed E-state index contributed by atoms with van der Waals surface area (Å²) in [5.41, 5.74) is 1.21. The maximum atomic E-state index is 5.94. The smallest absolute Gasteiger partial charge is 0.156 e. The van der Waals surface area contributed by atoms with Gasteiger partial charge >= 0.3 is 0 Å². The van der Waals surface area contributed by atoms with Gasteiger partial charge in [0, 0.05) is 19.4 Å². The lowest BCUT2D eigenvalue weighted by molar-refractivity contribution is 0.773. The van der Waals surface area contributed by atoms with Crippen molar-refractivity contribution in [3.05, 3.63) is 28.8 Å². The van der Waals surface area contributed by atoms with Gasteiger partial charge in [-0.1, -0.05) is 23.2 Å². The highest BCUT2D eigenvalue weighted by Gasteiger charge is 2.13. The van der Waals surface area contributed by atoms with Crippen molar-refractivity contribution in [2.45, 2.75) is 0 Å². The van der Waals surface area contributed by atoms with Gasteiger partial charge in [-0.2, -0.15) is 5.10 Å². The first-order chi connectivity index (χ1) is 6.70. The van der Waals surface area contributed by atoms with Gasteiger partial charge in [-0.3, -0.25) is 4.68 Å². The lowest BCUT2D eigenvalue weighted by Gasteiger charge is -2.02. The average Bonchev–Trinajstić information content (AvgIpc) is 2.48. The quantitative estimate of drug-likeness (QED) is 0.752. The summed E-state index contributed by atoms with van der Waals surface area (Å²) in [6, 6.07) is 0. The third-order valence-electron chi connectivity index (χ3n) is 1.77. The van der Waals surface area contributed by atoms with Crippen LogP contribution in [0.2, 0.25) is 10.2 Å². The summed E-state index contributed by atoms with van der Waals surface area (Å²) in [6.07, 6.45) is 4.63. The Balaban J connectivity index is 2.66. The van der Waals surface area contributed by atoms with Gasteiger partial charge in [0.2, 0.25) is 0 Å². The minimum Gasteiger partial charge on any atom is -0.265 e. The van der Waals surface area contributed by atoms with Crippen LogP contribution in [0.3, 0.4) is 0 Å². The summed E-state index contributed by atoms with van der Waals surface area (Å²) in [6.45, 7) is 0. The Kier molecular flexibility index (Phi) is 2.39. The van der Waals surface area contributed by atoms with E-state index in [1.807, 2.05) is 0 Å². The monoisotopic (exact) mass is 228 g/mol. The highest BCUT2D eigenvalue weighted by molar-refractivity contribution is 6.35. The number of rotatable bonds is 1. The summed E-state index contributed by atoms with van der Waals surface area (Å²) in [5, 5.41) is 4.82. The van der Waals surface area contributed by atoms with Crippen molar-refractivity contribution in [3.8, 4) is 11.4 Å². The van der Waals surface area contributed by atoms with Crippen LogP contribution in [0.1, 0.15) is 0 Å². The fourth-order valence-corrected chi connectivity index (χ4v) is 1.61. The number of hydrogen-bond donors (Lipinski definition) is 0. The molecule has 0 atom stereocenters. The van der Waals surface area contributed by atoms with Crippen LogP contribution >= 0.6 is 23.2 Å². The molecule has 4 nitrogen and oxygen atoms in total. The third kappa shape index (κ3) is 1.47. The summed E-state index contributed by atoms with van der Waals surface area (Å²) in [5.74, 6) is 0. The van der Waals surface area contributed by atoms with Gasteiger partial charge in [-0.05, 0) is 0 Å². The van der Waals surface area contributed by atoms with Crippen molar-refractivity contribution in [3.63, 3.8) is 0 Å². The molecule has 2 heterocycles. The second-order valence-electron chi connectivity index (χ2n) is 2.66. The van der Waals surface area contributed by atoms with Crippen LogP contribution in [-0.2, 0) is 7.05 Å². The molecule has 2 aromatic rings. The van der Waals surface area contributed by atoms with Gasteiger partial charge in [0.05, 0.1) is 11.2 Å². The topological polar surface area (TPSA) is 43.6 Å². The molecule has 0 radical (unpaired) electrons. The van der Waals surface area contributed by atoms with Gasteiger partial charge in [0.1, 0.15) is 11.4 Å². The lowest BCUT2D eigenvalue weighted by Crippen LogP contribution is -1.97. The molecule has 0 N–H and O–H groups in total. The van der Waals surface area contributed by atoms with Gasteiger partial charge < -0.3 is 0 Å². The van der Waals surface area contributed by atoms with Crippen LogP contribution in [0, 0.1) is 0 Å². The molecule has 0 aromatic carbocycles. The highest BCUT2D eigenvalue weighted by Crippen LogP contribution is 2.28. The van der Waals surface area contributed by atoms with E-state index in [1.165, 1.54) is 6.20 Å². The molecule has 0 aliphatic rings. The number of halogens is 2. The molecule has 0 fully saturated rings. The first-order valence-electron chi connectivity index (χ1n) is 3.84. The summed E-state index contributed by atoms with van der Waals surface area (Å²) >= 11 is 11.8. The average molecular weight is 229 g/mol. The van der Waals surface area contributed by atoms with Gasteiger partial charge in [0.25, 0.3) is 0 Å². The maximum absolute atomic E-state index is 5.94. The molecule has 0 amide bonds. The number of nitrogens with zero attached hydrogens (tertiary/aromatic N) is 4. The molecular weight excluding hydrogens is 223 g/mol. The normalized spacial score (nSPS) is 10.5. The zero-order valence-corrected chi connectivity index (χ0v) is 8.79. The SMILES string of the molecule is Cn1ncc(Cl)c1-c1nccnc1Cl. The van der Waals surface area contributed by atoms with Gasteiger partial charge in [-0.25, -0.2) is 9.97 Å². The van der Waals surface area contributed by atoms with Crippen molar-refractivity contribution in [2.75, 3.05) is 0 Å². The Labute approximate surface area is 90.5 Å². The van der Waals surface area contributed by atoms with E-state index in [1.54, 1.807) is 24.1 Å². The second kappa shape index (κ2) is 3.55. The highest BCUT2D eigenvalue weighted by atomic mass is 35.5. The Morgan fingerprint density at radius 1 is 1.21 bits per heavy atom. The molecule has 0 bridgehead atoms. The van der Waals surface area contributed by atoms with Crippen molar-refractivity contribution in [1.82, 2.24) is 19.7 Å². The van der Waals surface area contributed by atoms with Crippen LogP contribution in [0.5, 0.6) is 0 Å². The van der Waals surface area contributed by atoms with Gasteiger partial charge in [-0.15, -0.1) is 0 Å². The van der Waals surface area contributed by atoms with E-state index >= 15 is 0 Å². The van der Waals surface area contributed by atoms with E-state index < -0.39 is 0 Å². The number of aryl methyl sites for hydroxylation is 1. The molecule has 2 rings (SSSR count). The first-order valence-corrected chi connectivity index (χ1v) is 4.60. The van der Waals surface area contributed by atoms with Crippen LogP contribution < -0.4 is 0 Å². The third-order valence-corrected chi connectivity index (χ3v) is 2.33. The Hall–Kier alpha value is -1.13. The summed E-state index contributed by atoms with van der Waals surface area (Å²) in [4.78, 5) is 8.02. The van der Waals surface area contributed by atoms with E-state index in [9.17, 15) is 0 Å². The number of aromatic nitrogens is 4. The Bertz CT molecular complexity index is 447. The minimum absolute atomic E-state index is 0.318. The van der Waals surface area contributed by atoms with Gasteiger partial charge in [0.15, 0.2) is 5.15 Å². The fraction of sp³-hybridized carbons (Fsp3) is 0.125. The summed E-state index contributed by atoms with van der Waals surface area (Å²) < 4.78 is 1.61. The lowest BCUT2D eigenvalue weighted by atomic mass is 10.3. The standard InChI is InChI=1S/C8H6Cl2N4/c1-14-7(5(9)4-13-14)6-8(10)12-3-2-11-6/h2-4H,1H3. The van der Waals surface area contributed by atoms with E-state index in [0.717, 1.165) is 0 Å². The van der Waals surface area contributed by atoms with Crippen LogP contribution in [0.25, 0.3) is 11.4 Å². The predicted octanol–water partition coefficient (Wildman–Crippen LogP) is 2.18. The molecule has 0 aliphatic carbocycles.